The molecular weight excluding hydrogens is 354 g/mol. The van der Waals surface area contributed by atoms with Gasteiger partial charge in [0, 0.05) is 10.3 Å². The molecule has 2 aromatic carbocycles. The van der Waals surface area contributed by atoms with Crippen molar-refractivity contribution in [2.45, 2.75) is 0 Å². The van der Waals surface area contributed by atoms with E-state index in [0.29, 0.717) is 16.6 Å². The maximum atomic E-state index is 13.2. The molecule has 3 rings (SSSR count). The minimum Gasteiger partial charge on any atom is -0.497 e. The van der Waals surface area contributed by atoms with Crippen LogP contribution in [0.3, 0.4) is 0 Å². The monoisotopic (exact) mass is 367 g/mol. The van der Waals surface area contributed by atoms with Gasteiger partial charge in [0.15, 0.2) is 11.9 Å². The van der Waals surface area contributed by atoms with E-state index >= 15 is 0 Å². The summed E-state index contributed by atoms with van der Waals surface area (Å²) in [6.07, 6.45) is 0. The van der Waals surface area contributed by atoms with Gasteiger partial charge in [-0.3, -0.25) is 4.90 Å². The highest BCUT2D eigenvalue weighted by molar-refractivity contribution is 7.32. The lowest BCUT2D eigenvalue weighted by molar-refractivity contribution is 0.288. The molecule has 9 heteroatoms. The summed E-state index contributed by atoms with van der Waals surface area (Å²) in [5.41, 5.74) is 1.36. The summed E-state index contributed by atoms with van der Waals surface area (Å²) in [5, 5.41) is 0.557. The lowest BCUT2D eigenvalue weighted by Gasteiger charge is -2.18. The number of nitrogens with zero attached hydrogens (tertiary/aromatic N) is 2. The third kappa shape index (κ3) is 3.68. The molecule has 1 aromatic heterocycles. The lowest BCUT2D eigenvalue weighted by atomic mass is 10.3. The molecule has 0 aliphatic rings. The van der Waals surface area contributed by atoms with E-state index in [1.54, 1.807) is 30.2 Å². The van der Waals surface area contributed by atoms with Crippen LogP contribution in [0.25, 0.3) is 10.2 Å². The molecule has 0 saturated carbocycles. The molecule has 0 radical (unpaired) electrons. The number of rotatable bonds is 6. The van der Waals surface area contributed by atoms with Crippen LogP contribution in [0.15, 0.2) is 42.5 Å². The predicted molar refractivity (Wildman–Crippen MR) is 90.5 cm³/mol. The van der Waals surface area contributed by atoms with Crippen molar-refractivity contribution in [3.05, 3.63) is 48.3 Å². The van der Waals surface area contributed by atoms with Crippen LogP contribution in [0.5, 0.6) is 5.75 Å². The number of methoxy groups -OCH3 is 1. The Morgan fingerprint density at radius 1 is 1.29 bits per heavy atom. The molecule has 0 bridgehead atoms. The molecule has 124 valence electrons. The second-order valence-electron chi connectivity index (χ2n) is 4.73. The van der Waals surface area contributed by atoms with Crippen molar-refractivity contribution in [3.8, 4) is 5.75 Å². The van der Waals surface area contributed by atoms with Crippen LogP contribution in [0.2, 0.25) is 0 Å². The average Bonchev–Trinajstić information content (AvgIpc) is 2.99. The maximum absolute atomic E-state index is 13.2. The summed E-state index contributed by atoms with van der Waals surface area (Å²) in [6.45, 7) is -0.186. The van der Waals surface area contributed by atoms with E-state index in [1.807, 2.05) is 12.1 Å². The van der Waals surface area contributed by atoms with Crippen molar-refractivity contribution in [2.75, 3.05) is 18.7 Å². The molecule has 3 aromatic rings. The Labute approximate surface area is 142 Å². The van der Waals surface area contributed by atoms with Gasteiger partial charge in [0.05, 0.1) is 17.3 Å². The first-order valence-electron chi connectivity index (χ1n) is 6.83. The zero-order valence-electron chi connectivity index (χ0n) is 12.5. The molecule has 1 heterocycles. The molecule has 0 fully saturated rings. The number of aromatic nitrogens is 1. The highest BCUT2D eigenvalue weighted by Crippen LogP contribution is 2.35. The fraction of sp³-hybridized carbons (Fsp3) is 0.133. The minimum absolute atomic E-state index is 0.186. The van der Waals surface area contributed by atoms with Gasteiger partial charge in [-0.25, -0.2) is 9.37 Å². The molecule has 24 heavy (non-hydrogen) atoms. The second-order valence-corrected chi connectivity index (χ2v) is 6.47. The zero-order chi connectivity index (χ0) is 17.1. The number of ether oxygens (including phenoxy) is 1. The van der Waals surface area contributed by atoms with Crippen molar-refractivity contribution in [1.29, 1.82) is 0 Å². The van der Waals surface area contributed by atoms with E-state index in [1.165, 1.54) is 23.5 Å². The first-order chi connectivity index (χ1) is 11.6. The van der Waals surface area contributed by atoms with Crippen molar-refractivity contribution < 1.29 is 23.1 Å². The number of thiazole rings is 1. The van der Waals surface area contributed by atoms with Gasteiger partial charge in [-0.1, -0.05) is 15.9 Å². The molecule has 1 N–H and O–H groups in total. The molecule has 6 nitrogen and oxygen atoms in total. The topological polar surface area (TPSA) is 71.9 Å². The van der Waals surface area contributed by atoms with Crippen LogP contribution in [0.1, 0.15) is 0 Å². The van der Waals surface area contributed by atoms with E-state index in [-0.39, 0.29) is 12.5 Å². The molecule has 0 spiro atoms. The summed E-state index contributed by atoms with van der Waals surface area (Å²) >= 11 is 1.37. The van der Waals surface area contributed by atoms with Gasteiger partial charge < -0.3 is 4.74 Å². The predicted octanol–water partition coefficient (Wildman–Crippen LogP) is 4.21. The van der Waals surface area contributed by atoms with Gasteiger partial charge in [-0.15, -0.1) is 4.89 Å². The quantitative estimate of drug-likeness (QED) is 0.520. The highest BCUT2D eigenvalue weighted by atomic mass is 32.1. The van der Waals surface area contributed by atoms with E-state index in [0.717, 1.165) is 10.2 Å². The van der Waals surface area contributed by atoms with E-state index in [9.17, 15) is 8.96 Å². The smallest absolute Gasteiger partial charge is 0.497 e. The second kappa shape index (κ2) is 7.19. The van der Waals surface area contributed by atoms with E-state index in [2.05, 4.69) is 4.98 Å². The van der Waals surface area contributed by atoms with Gasteiger partial charge >= 0.3 is 8.25 Å². The highest BCUT2D eigenvalue weighted by Gasteiger charge is 2.21. The number of fused-ring (bicyclic) bond motifs is 1. The first kappa shape index (κ1) is 16.7. The summed E-state index contributed by atoms with van der Waals surface area (Å²) < 4.78 is 34.9. The largest absolute Gasteiger partial charge is 0.696 e. The lowest BCUT2D eigenvalue weighted by Crippen LogP contribution is -2.18. The SMILES string of the molecule is COc1ccc2nc(N(CO[P+](=O)O)c3ccc(F)cc3)sc2c1. The number of halogens is 1. The third-order valence-electron chi connectivity index (χ3n) is 3.25. The molecule has 0 amide bonds. The van der Waals surface area contributed by atoms with Gasteiger partial charge in [0.1, 0.15) is 11.6 Å². The van der Waals surface area contributed by atoms with Crippen LogP contribution in [0.4, 0.5) is 15.2 Å². The fourth-order valence-electron chi connectivity index (χ4n) is 2.10. The zero-order valence-corrected chi connectivity index (χ0v) is 14.3. The van der Waals surface area contributed by atoms with Crippen LogP contribution in [0, 0.1) is 5.82 Å². The van der Waals surface area contributed by atoms with Crippen molar-refractivity contribution in [3.63, 3.8) is 0 Å². The maximum Gasteiger partial charge on any atom is 0.696 e. The molecule has 1 unspecified atom stereocenters. The normalized spacial score (nSPS) is 11.5. The van der Waals surface area contributed by atoms with Crippen molar-refractivity contribution in [2.24, 2.45) is 0 Å². The summed E-state index contributed by atoms with van der Waals surface area (Å²) in [4.78, 5) is 15.0. The molecule has 0 saturated heterocycles. The molecular formula is C15H13FN2O4PS+. The van der Waals surface area contributed by atoms with Crippen LogP contribution >= 0.6 is 19.6 Å². The van der Waals surface area contributed by atoms with Gasteiger partial charge in [-0.2, -0.15) is 0 Å². The minimum atomic E-state index is -2.76. The first-order valence-corrected chi connectivity index (χ1v) is 8.78. The molecule has 0 aliphatic carbocycles. The Morgan fingerprint density at radius 3 is 2.71 bits per heavy atom. The van der Waals surface area contributed by atoms with Crippen LogP contribution in [-0.2, 0) is 9.09 Å². The summed E-state index contributed by atoms with van der Waals surface area (Å²) in [6, 6.07) is 11.2. The van der Waals surface area contributed by atoms with E-state index in [4.69, 9.17) is 14.2 Å². The average molecular weight is 367 g/mol. The Kier molecular flexibility index (Phi) is 5.01. The Hall–Kier alpha value is -2.12. The Balaban J connectivity index is 2.00. The Morgan fingerprint density at radius 2 is 2.04 bits per heavy atom. The number of hydrogen-bond donors (Lipinski definition) is 1. The van der Waals surface area contributed by atoms with Gasteiger partial charge in [0.25, 0.3) is 0 Å². The number of hydrogen-bond acceptors (Lipinski definition) is 6. The molecule has 0 aliphatic heterocycles. The Bertz CT molecular complexity index is 872. The van der Waals surface area contributed by atoms with Crippen molar-refractivity contribution >= 4 is 40.6 Å². The van der Waals surface area contributed by atoms with Gasteiger partial charge in [-0.05, 0) is 42.5 Å². The van der Waals surface area contributed by atoms with Crippen LogP contribution < -0.4 is 9.64 Å². The van der Waals surface area contributed by atoms with Crippen molar-refractivity contribution in [1.82, 2.24) is 4.98 Å². The molecule has 1 atom stereocenters. The van der Waals surface area contributed by atoms with Gasteiger partial charge in [0.2, 0.25) is 0 Å². The summed E-state index contributed by atoms with van der Waals surface area (Å²) in [7, 11) is -1.18. The number of anilines is 2. The number of benzene rings is 2. The standard InChI is InChI=1S/C15H12FN2O4PS/c1-21-12-6-7-13-14(8-12)24-15(17-13)18(9-22-23(19)20)11-4-2-10(16)3-5-11/h2-8H,9H2,1H3/p+1. The fourth-order valence-corrected chi connectivity index (χ4v) is 3.32. The summed E-state index contributed by atoms with van der Waals surface area (Å²) in [5.74, 6) is 0.336. The van der Waals surface area contributed by atoms with E-state index < -0.39 is 8.25 Å². The third-order valence-corrected chi connectivity index (χ3v) is 4.63. The van der Waals surface area contributed by atoms with Crippen LogP contribution in [-0.4, -0.2) is 23.7 Å².